The van der Waals surface area contributed by atoms with E-state index in [2.05, 4.69) is 4.76 Å². The Hall–Kier alpha value is -1.66. The first kappa shape index (κ1) is 14.7. The van der Waals surface area contributed by atoms with Gasteiger partial charge in [0.15, 0.2) is 0 Å². The van der Waals surface area contributed by atoms with Gasteiger partial charge >= 0.3 is 0 Å². The van der Waals surface area contributed by atoms with E-state index in [4.69, 9.17) is 0 Å². The fraction of sp³-hybridized carbons (Fsp3) is 0.235. The summed E-state index contributed by atoms with van der Waals surface area (Å²) in [4.78, 5) is 0. The Balaban J connectivity index is 2.45. The van der Waals surface area contributed by atoms with Crippen molar-refractivity contribution >= 4 is 18.8 Å². The van der Waals surface area contributed by atoms with Gasteiger partial charge in [-0.25, -0.2) is 4.76 Å². The van der Waals surface area contributed by atoms with Crippen LogP contribution in [-0.4, -0.2) is 11.4 Å². The first-order chi connectivity index (χ1) is 9.43. The van der Waals surface area contributed by atoms with Crippen molar-refractivity contribution in [3.8, 4) is 0 Å². The monoisotopic (exact) mass is 285 g/mol. The molecule has 0 bridgehead atoms. The maximum Gasteiger partial charge on any atom is 0.223 e. The highest BCUT2D eigenvalue weighted by Crippen LogP contribution is 2.57. The van der Waals surface area contributed by atoms with Crippen molar-refractivity contribution in [3.63, 3.8) is 0 Å². The summed E-state index contributed by atoms with van der Waals surface area (Å²) >= 11 is 0. The second kappa shape index (κ2) is 5.76. The molecular formula is C17H20NOP. The van der Waals surface area contributed by atoms with Crippen LogP contribution in [0.25, 0.3) is 0 Å². The van der Waals surface area contributed by atoms with Crippen LogP contribution in [0.4, 0.5) is 0 Å². The summed E-state index contributed by atoms with van der Waals surface area (Å²) in [6.45, 7) is 5.93. The molecule has 3 heteroatoms. The van der Waals surface area contributed by atoms with Gasteiger partial charge in [0.2, 0.25) is 7.29 Å². The topological polar surface area (TPSA) is 29.4 Å². The minimum atomic E-state index is -2.85. The highest BCUT2D eigenvalue weighted by Gasteiger charge is 2.37. The number of hydrogen-bond acceptors (Lipinski definition) is 1. The lowest BCUT2D eigenvalue weighted by molar-refractivity contribution is 0.557. The second-order valence-electron chi connectivity index (χ2n) is 5.74. The Bertz CT molecular complexity index is 627. The summed E-state index contributed by atoms with van der Waals surface area (Å²) in [6, 6.07) is 19.3. The number of rotatable bonds is 3. The van der Waals surface area contributed by atoms with Crippen molar-refractivity contribution in [1.29, 1.82) is 0 Å². The molecule has 0 spiro atoms. The highest BCUT2D eigenvalue weighted by molar-refractivity contribution is 7.71. The Morgan fingerprint density at radius 3 is 1.90 bits per heavy atom. The molecule has 0 aliphatic carbocycles. The lowest BCUT2D eigenvalue weighted by Gasteiger charge is -2.27. The fourth-order valence-corrected chi connectivity index (χ4v) is 4.07. The molecule has 2 aromatic rings. The third-order valence-electron chi connectivity index (χ3n) is 3.18. The molecule has 0 fully saturated rings. The average Bonchev–Trinajstić information content (AvgIpc) is 2.45. The van der Waals surface area contributed by atoms with Crippen molar-refractivity contribution in [3.05, 3.63) is 66.2 Å². The lowest BCUT2D eigenvalue weighted by atomic mass is 10.2. The predicted molar refractivity (Wildman–Crippen MR) is 87.5 cm³/mol. The van der Waals surface area contributed by atoms with Gasteiger partial charge in [-0.05, 0) is 17.7 Å². The van der Waals surface area contributed by atoms with E-state index >= 15 is 0 Å². The zero-order valence-electron chi connectivity index (χ0n) is 12.2. The van der Waals surface area contributed by atoms with Gasteiger partial charge in [-0.3, -0.25) is 4.57 Å². The molecule has 20 heavy (non-hydrogen) atoms. The van der Waals surface area contributed by atoms with E-state index in [1.54, 1.807) is 6.21 Å². The van der Waals surface area contributed by atoms with Crippen molar-refractivity contribution in [1.82, 2.24) is 0 Å². The maximum absolute atomic E-state index is 13.4. The molecule has 0 heterocycles. The average molecular weight is 285 g/mol. The highest BCUT2D eigenvalue weighted by atomic mass is 31.2. The molecule has 0 radical (unpaired) electrons. The molecular weight excluding hydrogens is 265 g/mol. The predicted octanol–water partition coefficient (Wildman–Crippen LogP) is 4.51. The number of hydrogen-bond donors (Lipinski definition) is 0. The molecule has 0 aromatic heterocycles. The lowest BCUT2D eigenvalue weighted by Crippen LogP contribution is -2.21. The fourth-order valence-electron chi connectivity index (χ4n) is 1.94. The third-order valence-corrected chi connectivity index (χ3v) is 6.44. The van der Waals surface area contributed by atoms with Crippen molar-refractivity contribution in [2.24, 2.45) is 4.76 Å². The van der Waals surface area contributed by atoms with Crippen molar-refractivity contribution < 1.29 is 4.57 Å². The molecule has 0 saturated carbocycles. The van der Waals surface area contributed by atoms with Gasteiger partial charge in [-0.2, -0.15) is 0 Å². The zero-order valence-corrected chi connectivity index (χ0v) is 13.0. The Kier molecular flexibility index (Phi) is 4.25. The van der Waals surface area contributed by atoms with Crippen LogP contribution in [0.15, 0.2) is 65.4 Å². The molecule has 0 saturated heterocycles. The first-order valence-corrected chi connectivity index (χ1v) is 8.36. The van der Waals surface area contributed by atoms with Gasteiger partial charge in [-0.15, -0.1) is 0 Å². The minimum Gasteiger partial charge on any atom is -0.293 e. The van der Waals surface area contributed by atoms with E-state index in [0.29, 0.717) is 0 Å². The van der Waals surface area contributed by atoms with Crippen LogP contribution < -0.4 is 5.30 Å². The molecule has 0 aliphatic rings. The summed E-state index contributed by atoms with van der Waals surface area (Å²) in [7, 11) is -2.85. The van der Waals surface area contributed by atoms with Crippen LogP contribution in [0, 0.1) is 0 Å². The Labute approximate surface area is 121 Å². The number of benzene rings is 2. The van der Waals surface area contributed by atoms with Crippen LogP contribution in [0.1, 0.15) is 26.3 Å². The molecule has 2 rings (SSSR count). The van der Waals surface area contributed by atoms with Crippen LogP contribution in [0.2, 0.25) is 0 Å². The summed E-state index contributed by atoms with van der Waals surface area (Å²) in [5.74, 6) is 0. The van der Waals surface area contributed by atoms with Gasteiger partial charge in [0.1, 0.15) is 0 Å². The smallest absolute Gasteiger partial charge is 0.223 e. The van der Waals surface area contributed by atoms with Crippen molar-refractivity contribution in [2.45, 2.75) is 25.9 Å². The first-order valence-electron chi connectivity index (χ1n) is 6.70. The normalized spacial score (nSPS) is 15.2. The zero-order chi connectivity index (χ0) is 14.6. The molecule has 0 aliphatic heterocycles. The molecule has 1 atom stereocenters. The van der Waals surface area contributed by atoms with Crippen molar-refractivity contribution in [2.75, 3.05) is 0 Å². The SMILES string of the molecule is CC(C)(C)P(=O)(/N=C/c1ccccc1)c1ccccc1. The van der Waals surface area contributed by atoms with E-state index in [9.17, 15) is 4.57 Å². The molecule has 0 amide bonds. The Morgan fingerprint density at radius 1 is 0.900 bits per heavy atom. The van der Waals surface area contributed by atoms with Crippen LogP contribution in [-0.2, 0) is 4.57 Å². The molecule has 0 N–H and O–H groups in total. The standard InChI is InChI=1S/C17H20NOP/c1-17(2,3)20(19,16-12-8-5-9-13-16)18-14-15-10-6-4-7-11-15/h4-14H,1-3H3/b18-14+. The van der Waals surface area contributed by atoms with Crippen LogP contribution >= 0.6 is 7.29 Å². The van der Waals surface area contributed by atoms with E-state index in [1.165, 1.54) is 0 Å². The molecule has 104 valence electrons. The Morgan fingerprint density at radius 2 is 1.40 bits per heavy atom. The molecule has 2 nitrogen and oxygen atoms in total. The summed E-state index contributed by atoms with van der Waals surface area (Å²) in [5.41, 5.74) is 0.966. The largest absolute Gasteiger partial charge is 0.293 e. The summed E-state index contributed by atoms with van der Waals surface area (Å²) in [5, 5.41) is 0.402. The van der Waals surface area contributed by atoms with Gasteiger partial charge < -0.3 is 0 Å². The van der Waals surface area contributed by atoms with E-state index in [-0.39, 0.29) is 0 Å². The van der Waals surface area contributed by atoms with E-state index < -0.39 is 12.4 Å². The van der Waals surface area contributed by atoms with Gasteiger partial charge in [0.25, 0.3) is 0 Å². The molecule has 2 aromatic carbocycles. The van der Waals surface area contributed by atoms with Gasteiger partial charge in [-0.1, -0.05) is 69.3 Å². The quantitative estimate of drug-likeness (QED) is 0.602. The summed E-state index contributed by atoms with van der Waals surface area (Å²) in [6.07, 6.45) is 1.72. The molecule has 1 unspecified atom stereocenters. The summed E-state index contributed by atoms with van der Waals surface area (Å²) < 4.78 is 17.9. The van der Waals surface area contributed by atoms with Gasteiger partial charge in [0.05, 0.1) is 0 Å². The number of nitrogens with zero attached hydrogens (tertiary/aromatic N) is 1. The van der Waals surface area contributed by atoms with E-state index in [0.717, 1.165) is 10.9 Å². The van der Waals surface area contributed by atoms with Crippen LogP contribution in [0.3, 0.4) is 0 Å². The maximum atomic E-state index is 13.4. The minimum absolute atomic E-state index is 0.403. The van der Waals surface area contributed by atoms with E-state index in [1.807, 2.05) is 81.4 Å². The third kappa shape index (κ3) is 3.08. The van der Waals surface area contributed by atoms with Crippen LogP contribution in [0.5, 0.6) is 0 Å². The van der Waals surface area contributed by atoms with Gasteiger partial charge in [0, 0.05) is 16.7 Å². The second-order valence-corrected chi connectivity index (χ2v) is 8.98.